The zero-order valence-corrected chi connectivity index (χ0v) is 17.7. The van der Waals surface area contributed by atoms with E-state index < -0.39 is 17.7 Å². The summed E-state index contributed by atoms with van der Waals surface area (Å²) in [6, 6.07) is 0.473. The molecule has 1 N–H and O–H groups in total. The minimum Gasteiger partial charge on any atom is -0.442 e. The molecule has 1 aliphatic carbocycles. The van der Waals surface area contributed by atoms with Crippen LogP contribution in [0, 0.1) is 5.92 Å². The molecule has 0 bridgehead atoms. The predicted molar refractivity (Wildman–Crippen MR) is 107 cm³/mol. The number of carbonyl (C=O) groups excluding carboxylic acids is 2. The molecule has 0 radical (unpaired) electrons. The van der Waals surface area contributed by atoms with Crippen molar-refractivity contribution >= 4 is 18.1 Å². The van der Waals surface area contributed by atoms with Gasteiger partial charge in [-0.25, -0.2) is 14.6 Å². The minimum absolute atomic E-state index is 0.459. The van der Waals surface area contributed by atoms with Gasteiger partial charge in [0.25, 0.3) is 0 Å². The first-order valence-corrected chi connectivity index (χ1v) is 10.1. The van der Waals surface area contributed by atoms with Crippen molar-refractivity contribution in [1.82, 2.24) is 15.0 Å². The summed E-state index contributed by atoms with van der Waals surface area (Å²) in [7, 11) is 0. The Hall–Kier alpha value is -2.31. The van der Waals surface area contributed by atoms with Crippen molar-refractivity contribution in [3.05, 3.63) is 23.8 Å². The average molecular weight is 392 g/mol. The van der Waals surface area contributed by atoms with Crippen LogP contribution in [-0.2, 0) is 14.4 Å². The summed E-state index contributed by atoms with van der Waals surface area (Å²) in [5.74, 6) is 0.191. The second kappa shape index (κ2) is 9.75. The summed E-state index contributed by atoms with van der Waals surface area (Å²) in [5, 5.41) is 0. The summed E-state index contributed by atoms with van der Waals surface area (Å²) in [6.07, 6.45) is 10.8. The number of hydrogen-bond donors (Lipinski definition) is 1. The molecule has 0 unspecified atom stereocenters. The van der Waals surface area contributed by atoms with E-state index in [1.807, 2.05) is 24.9 Å². The van der Waals surface area contributed by atoms with Crippen LogP contribution in [0.3, 0.4) is 0 Å². The molecular formula is C21H33N3O4. The van der Waals surface area contributed by atoms with Crippen LogP contribution in [0.15, 0.2) is 18.1 Å². The van der Waals surface area contributed by atoms with Crippen LogP contribution in [0.1, 0.15) is 84.9 Å². The monoisotopic (exact) mass is 391 g/mol. The molecule has 1 fully saturated rings. The van der Waals surface area contributed by atoms with Gasteiger partial charge in [0.1, 0.15) is 5.60 Å². The first-order valence-electron chi connectivity index (χ1n) is 10.1. The highest BCUT2D eigenvalue weighted by molar-refractivity contribution is 5.93. The fraction of sp³-hybridized carbons (Fsp3) is 0.667. The van der Waals surface area contributed by atoms with E-state index >= 15 is 0 Å². The molecule has 1 saturated carbocycles. The zero-order chi connectivity index (χ0) is 20.7. The smallest absolute Gasteiger partial charge is 0.441 e. The van der Waals surface area contributed by atoms with E-state index in [9.17, 15) is 9.59 Å². The Kier molecular flexibility index (Phi) is 7.66. The molecule has 1 aromatic heterocycles. The topological polar surface area (TPSA) is 82.5 Å². The molecular weight excluding hydrogens is 358 g/mol. The molecule has 7 nitrogen and oxygen atoms in total. The molecule has 1 heterocycles. The van der Waals surface area contributed by atoms with Gasteiger partial charge >= 0.3 is 12.1 Å². The number of rotatable bonds is 5. The van der Waals surface area contributed by atoms with Crippen molar-refractivity contribution in [2.45, 2.75) is 84.8 Å². The number of nitrogens with one attached hydrogen (secondary N) is 1. The minimum atomic E-state index is -0.799. The van der Waals surface area contributed by atoms with Gasteiger partial charge in [-0.3, -0.25) is 0 Å². The molecule has 28 heavy (non-hydrogen) atoms. The van der Waals surface area contributed by atoms with Crippen LogP contribution in [0.5, 0.6) is 0 Å². The van der Waals surface area contributed by atoms with E-state index in [0.29, 0.717) is 18.0 Å². The first kappa shape index (κ1) is 22.0. The predicted octanol–water partition coefficient (Wildman–Crippen LogP) is 4.80. The number of hydroxylamine groups is 1. The highest BCUT2D eigenvalue weighted by atomic mass is 16.7. The Balaban J connectivity index is 1.99. The van der Waals surface area contributed by atoms with Gasteiger partial charge in [-0.1, -0.05) is 20.3 Å². The zero-order valence-electron chi connectivity index (χ0n) is 17.7. The van der Waals surface area contributed by atoms with Gasteiger partial charge in [0.2, 0.25) is 0 Å². The number of hydrogen-bond acceptors (Lipinski definition) is 5. The van der Waals surface area contributed by atoms with Crippen LogP contribution in [0.2, 0.25) is 0 Å². The van der Waals surface area contributed by atoms with Gasteiger partial charge in [-0.05, 0) is 64.9 Å². The first-order chi connectivity index (χ1) is 13.2. The Morgan fingerprint density at radius 1 is 1.29 bits per heavy atom. The second-order valence-corrected chi connectivity index (χ2v) is 8.57. The van der Waals surface area contributed by atoms with E-state index in [-0.39, 0.29) is 0 Å². The largest absolute Gasteiger partial charge is 0.442 e. The van der Waals surface area contributed by atoms with Crippen molar-refractivity contribution in [2.24, 2.45) is 5.92 Å². The molecule has 0 aliphatic heterocycles. The maximum atomic E-state index is 12.4. The van der Waals surface area contributed by atoms with E-state index in [1.165, 1.54) is 12.8 Å². The fourth-order valence-electron chi connectivity index (χ4n) is 3.30. The van der Waals surface area contributed by atoms with Crippen LogP contribution in [0.25, 0.3) is 6.08 Å². The molecule has 156 valence electrons. The summed E-state index contributed by atoms with van der Waals surface area (Å²) in [6.45, 7) is 9.48. The van der Waals surface area contributed by atoms with Gasteiger partial charge in [-0.15, -0.1) is 5.48 Å². The maximum absolute atomic E-state index is 12.4. The summed E-state index contributed by atoms with van der Waals surface area (Å²) >= 11 is 0. The van der Waals surface area contributed by atoms with Crippen molar-refractivity contribution in [3.63, 3.8) is 0 Å². The molecule has 1 aliphatic rings. The number of ether oxygens (including phenoxy) is 1. The Bertz CT molecular complexity index is 695. The maximum Gasteiger partial charge on any atom is 0.441 e. The Morgan fingerprint density at radius 2 is 1.96 bits per heavy atom. The lowest BCUT2D eigenvalue weighted by atomic mass is 9.87. The third-order valence-electron chi connectivity index (χ3n) is 4.76. The van der Waals surface area contributed by atoms with Gasteiger partial charge in [0.15, 0.2) is 0 Å². The van der Waals surface area contributed by atoms with E-state index in [2.05, 4.69) is 16.5 Å². The highest BCUT2D eigenvalue weighted by Gasteiger charge is 2.21. The summed E-state index contributed by atoms with van der Waals surface area (Å²) in [4.78, 5) is 33.3. The van der Waals surface area contributed by atoms with E-state index in [4.69, 9.17) is 9.57 Å². The quantitative estimate of drug-likeness (QED) is 0.576. The van der Waals surface area contributed by atoms with Crippen molar-refractivity contribution in [1.29, 1.82) is 0 Å². The molecule has 2 rings (SSSR count). The number of aromatic nitrogens is 2. The second-order valence-electron chi connectivity index (χ2n) is 8.57. The molecule has 0 spiro atoms. The Labute approximate surface area is 167 Å². The number of carbonyl (C=O) groups is 2. The van der Waals surface area contributed by atoms with Gasteiger partial charge < -0.3 is 14.1 Å². The van der Waals surface area contributed by atoms with Crippen molar-refractivity contribution < 1.29 is 19.2 Å². The summed E-state index contributed by atoms with van der Waals surface area (Å²) in [5.41, 5.74) is 2.56. The third-order valence-corrected chi connectivity index (χ3v) is 4.76. The Morgan fingerprint density at radius 3 is 2.57 bits per heavy atom. The standard InChI is InChI=1S/C21H33N3O4/c1-6-7-16(19(25)28-23-20(26)27-21(3,4)5)12-17-13-24(14-22-17)18-10-8-15(2)9-11-18/h12-15,18H,6-11H2,1-5H3,(H,23,26). The lowest BCUT2D eigenvalue weighted by molar-refractivity contribution is -0.145. The van der Waals surface area contributed by atoms with Gasteiger partial charge in [0, 0.05) is 17.8 Å². The lowest BCUT2D eigenvalue weighted by Gasteiger charge is -2.26. The average Bonchev–Trinajstić information content (AvgIpc) is 3.07. The highest BCUT2D eigenvalue weighted by Crippen LogP contribution is 2.31. The van der Waals surface area contributed by atoms with Crippen molar-refractivity contribution in [2.75, 3.05) is 0 Å². The molecule has 7 heteroatoms. The van der Waals surface area contributed by atoms with Crippen LogP contribution >= 0.6 is 0 Å². The lowest BCUT2D eigenvalue weighted by Crippen LogP contribution is -2.34. The molecule has 1 aromatic rings. The molecule has 1 amide bonds. The van der Waals surface area contributed by atoms with Crippen LogP contribution in [-0.4, -0.2) is 27.2 Å². The fourth-order valence-corrected chi connectivity index (χ4v) is 3.30. The van der Waals surface area contributed by atoms with Gasteiger partial charge in [0.05, 0.1) is 12.0 Å². The number of imidazole rings is 1. The molecule has 0 aromatic carbocycles. The van der Waals surface area contributed by atoms with Crippen LogP contribution < -0.4 is 5.48 Å². The van der Waals surface area contributed by atoms with Crippen LogP contribution in [0.4, 0.5) is 4.79 Å². The number of amides is 1. The van der Waals surface area contributed by atoms with E-state index in [1.54, 1.807) is 26.8 Å². The summed E-state index contributed by atoms with van der Waals surface area (Å²) < 4.78 is 7.21. The van der Waals surface area contributed by atoms with E-state index in [0.717, 1.165) is 30.9 Å². The molecule has 0 saturated heterocycles. The normalized spacial score (nSPS) is 20.5. The third kappa shape index (κ3) is 7.02. The van der Waals surface area contributed by atoms with Gasteiger partial charge in [-0.2, -0.15) is 0 Å². The SMILES string of the molecule is CCCC(=Cc1cn(C2CCC(C)CC2)cn1)C(=O)ONC(=O)OC(C)(C)C. The van der Waals surface area contributed by atoms with Crippen molar-refractivity contribution in [3.8, 4) is 0 Å². The molecule has 0 atom stereocenters. The number of nitrogens with zero attached hydrogens (tertiary/aromatic N) is 2.